The highest BCUT2D eigenvalue weighted by Gasteiger charge is 2.38. The van der Waals surface area contributed by atoms with Gasteiger partial charge in [0.05, 0.1) is 25.2 Å². The molecule has 2 rings (SSSR count). The van der Waals surface area contributed by atoms with Crippen molar-refractivity contribution in [2.24, 2.45) is 11.5 Å². The lowest BCUT2D eigenvalue weighted by atomic mass is 9.83. The zero-order valence-electron chi connectivity index (χ0n) is 16.1. The van der Waals surface area contributed by atoms with Gasteiger partial charge in [0.15, 0.2) is 18.1 Å². The fourth-order valence-corrected chi connectivity index (χ4v) is 3.12. The van der Waals surface area contributed by atoms with Crippen molar-refractivity contribution < 1.29 is 28.5 Å². The number of rotatable bonds is 7. The average Bonchev–Trinajstić information content (AvgIpc) is 2.66. The van der Waals surface area contributed by atoms with E-state index >= 15 is 0 Å². The van der Waals surface area contributed by atoms with Crippen molar-refractivity contribution in [3.63, 3.8) is 0 Å². The molecule has 4 N–H and O–H groups in total. The highest BCUT2D eigenvalue weighted by molar-refractivity contribution is 6.31. The van der Waals surface area contributed by atoms with Gasteiger partial charge >= 0.3 is 5.97 Å². The van der Waals surface area contributed by atoms with Crippen LogP contribution in [0.25, 0.3) is 0 Å². The lowest BCUT2D eigenvalue weighted by molar-refractivity contribution is -0.139. The number of methoxy groups -OCH3 is 1. The molecule has 10 heteroatoms. The smallest absolute Gasteiger partial charge is 0.338 e. The van der Waals surface area contributed by atoms with Gasteiger partial charge in [-0.15, -0.1) is 0 Å². The van der Waals surface area contributed by atoms with E-state index in [4.69, 9.17) is 42.0 Å². The predicted molar refractivity (Wildman–Crippen MR) is 103 cm³/mol. The number of halogens is 1. The third kappa shape index (κ3) is 4.55. The average molecular weight is 422 g/mol. The second-order valence-electron chi connectivity index (χ2n) is 5.89. The van der Waals surface area contributed by atoms with E-state index in [1.54, 1.807) is 6.92 Å². The van der Waals surface area contributed by atoms with E-state index < -0.39 is 17.8 Å². The molecule has 9 nitrogen and oxygen atoms in total. The Kier molecular flexibility index (Phi) is 6.96. The summed E-state index contributed by atoms with van der Waals surface area (Å²) < 4.78 is 21.1. The van der Waals surface area contributed by atoms with Crippen molar-refractivity contribution in [1.82, 2.24) is 0 Å². The number of amides is 1. The van der Waals surface area contributed by atoms with Crippen LogP contribution < -0.4 is 20.9 Å². The van der Waals surface area contributed by atoms with E-state index in [1.807, 2.05) is 6.07 Å². The Labute approximate surface area is 172 Å². The number of ether oxygens (including phenoxy) is 4. The van der Waals surface area contributed by atoms with Gasteiger partial charge in [-0.3, -0.25) is 4.79 Å². The molecule has 0 radical (unpaired) electrons. The number of nitrogens with two attached hydrogens (primary N) is 2. The summed E-state index contributed by atoms with van der Waals surface area (Å²) >= 11 is 6.43. The highest BCUT2D eigenvalue weighted by Crippen LogP contribution is 2.45. The zero-order chi connectivity index (χ0) is 21.7. The van der Waals surface area contributed by atoms with Crippen LogP contribution >= 0.6 is 11.6 Å². The number of carbonyl (C=O) groups excluding carboxylic acids is 2. The molecule has 29 heavy (non-hydrogen) atoms. The van der Waals surface area contributed by atoms with Crippen molar-refractivity contribution in [1.29, 1.82) is 5.26 Å². The Balaban J connectivity index is 2.66. The Bertz CT molecular complexity index is 948. The van der Waals surface area contributed by atoms with Crippen LogP contribution in [0.2, 0.25) is 5.02 Å². The topological polar surface area (TPSA) is 147 Å². The third-order valence-corrected chi connectivity index (χ3v) is 4.39. The first-order chi connectivity index (χ1) is 13.7. The van der Waals surface area contributed by atoms with Gasteiger partial charge in [0.1, 0.15) is 17.4 Å². The summed E-state index contributed by atoms with van der Waals surface area (Å²) in [5.74, 6) is -1.86. The van der Waals surface area contributed by atoms with Gasteiger partial charge < -0.3 is 30.4 Å². The second kappa shape index (κ2) is 9.21. The Morgan fingerprint density at radius 3 is 2.59 bits per heavy atom. The molecule has 1 atom stereocenters. The molecular formula is C19H20ClN3O6. The monoisotopic (exact) mass is 421 g/mol. The third-order valence-electron chi connectivity index (χ3n) is 4.06. The molecule has 0 saturated carbocycles. The lowest BCUT2D eigenvalue weighted by Gasteiger charge is -2.28. The summed E-state index contributed by atoms with van der Waals surface area (Å²) in [4.78, 5) is 23.6. The molecule has 0 saturated heterocycles. The van der Waals surface area contributed by atoms with Crippen LogP contribution in [-0.4, -0.2) is 32.2 Å². The normalized spacial score (nSPS) is 16.0. The molecule has 0 bridgehead atoms. The number of hydrogen-bond donors (Lipinski definition) is 2. The van der Waals surface area contributed by atoms with Gasteiger partial charge in [-0.05, 0) is 25.5 Å². The number of nitriles is 1. The molecule has 1 aliphatic rings. The van der Waals surface area contributed by atoms with Crippen LogP contribution in [0.5, 0.6) is 11.5 Å². The Morgan fingerprint density at radius 1 is 1.34 bits per heavy atom. The van der Waals surface area contributed by atoms with Crippen molar-refractivity contribution in [3.8, 4) is 17.6 Å². The first-order valence-corrected chi connectivity index (χ1v) is 8.86. The standard InChI is InChI=1S/C19H20ClN3O6/c1-4-27-19(25)16-9(2)29-18(23)11(7-21)17(16)10-5-13(26-3)14(6-12(10)20)28-8-15(22)24/h5-6,17H,4,8,23H2,1-3H3,(H2,22,24). The van der Waals surface area contributed by atoms with Crippen LogP contribution in [-0.2, 0) is 19.1 Å². The number of hydrogen-bond acceptors (Lipinski definition) is 8. The molecular weight excluding hydrogens is 402 g/mol. The second-order valence-corrected chi connectivity index (χ2v) is 6.30. The van der Waals surface area contributed by atoms with Gasteiger partial charge in [-0.1, -0.05) is 11.6 Å². The quantitative estimate of drug-likeness (QED) is 0.634. The van der Waals surface area contributed by atoms with Crippen LogP contribution in [0.1, 0.15) is 25.3 Å². The number of esters is 1. The highest BCUT2D eigenvalue weighted by atomic mass is 35.5. The maximum atomic E-state index is 12.6. The molecule has 154 valence electrons. The molecule has 0 spiro atoms. The minimum absolute atomic E-state index is 0.00610. The molecule has 1 aromatic carbocycles. The lowest BCUT2D eigenvalue weighted by Crippen LogP contribution is -2.26. The Hall–Kier alpha value is -3.38. The molecule has 0 aliphatic carbocycles. The largest absolute Gasteiger partial charge is 0.493 e. The molecule has 1 unspecified atom stereocenters. The number of primary amides is 1. The summed E-state index contributed by atoms with van der Waals surface area (Å²) in [6.45, 7) is 2.94. The Morgan fingerprint density at radius 2 is 2.03 bits per heavy atom. The van der Waals surface area contributed by atoms with Crippen molar-refractivity contribution >= 4 is 23.5 Å². The maximum Gasteiger partial charge on any atom is 0.338 e. The zero-order valence-corrected chi connectivity index (χ0v) is 16.8. The minimum atomic E-state index is -0.945. The number of allylic oxidation sites excluding steroid dienone is 2. The first-order valence-electron chi connectivity index (χ1n) is 8.49. The molecule has 1 aromatic rings. The summed E-state index contributed by atoms with van der Waals surface area (Å²) in [7, 11) is 1.39. The van der Waals surface area contributed by atoms with Gasteiger partial charge in [0.2, 0.25) is 5.88 Å². The maximum absolute atomic E-state index is 12.6. The molecule has 1 aliphatic heterocycles. The fourth-order valence-electron chi connectivity index (χ4n) is 2.86. The first kappa shape index (κ1) is 21.9. The summed E-state index contributed by atoms with van der Waals surface area (Å²) in [6.07, 6.45) is 0. The molecule has 1 heterocycles. The summed E-state index contributed by atoms with van der Waals surface area (Å²) in [6, 6.07) is 4.86. The molecule has 0 fully saturated rings. The van der Waals surface area contributed by atoms with Gasteiger partial charge in [-0.25, -0.2) is 4.79 Å². The van der Waals surface area contributed by atoms with Crippen LogP contribution in [0, 0.1) is 11.3 Å². The van der Waals surface area contributed by atoms with Gasteiger partial charge in [0, 0.05) is 11.1 Å². The van der Waals surface area contributed by atoms with E-state index in [0.717, 1.165) is 0 Å². The van der Waals surface area contributed by atoms with Gasteiger partial charge in [0.25, 0.3) is 5.91 Å². The SMILES string of the molecule is CCOC(=O)C1=C(C)OC(N)=C(C#N)C1c1cc(OC)c(OCC(N)=O)cc1Cl. The van der Waals surface area contributed by atoms with Crippen LogP contribution in [0.4, 0.5) is 0 Å². The van der Waals surface area contributed by atoms with Crippen molar-refractivity contribution in [3.05, 3.63) is 45.5 Å². The number of nitrogens with zero attached hydrogens (tertiary/aromatic N) is 1. The van der Waals surface area contributed by atoms with Gasteiger partial charge in [-0.2, -0.15) is 5.26 Å². The number of carbonyl (C=O) groups is 2. The predicted octanol–water partition coefficient (Wildman–Crippen LogP) is 1.86. The van der Waals surface area contributed by atoms with E-state index in [1.165, 1.54) is 26.2 Å². The van der Waals surface area contributed by atoms with E-state index in [-0.39, 0.29) is 52.5 Å². The van der Waals surface area contributed by atoms with E-state index in [0.29, 0.717) is 5.56 Å². The van der Waals surface area contributed by atoms with Crippen LogP contribution in [0.3, 0.4) is 0 Å². The van der Waals surface area contributed by atoms with Crippen LogP contribution in [0.15, 0.2) is 34.9 Å². The molecule has 1 amide bonds. The minimum Gasteiger partial charge on any atom is -0.493 e. The fraction of sp³-hybridized carbons (Fsp3) is 0.316. The summed E-state index contributed by atoms with van der Waals surface area (Å²) in [5, 5.41) is 9.78. The van der Waals surface area contributed by atoms with E-state index in [9.17, 15) is 14.9 Å². The van der Waals surface area contributed by atoms with Crippen molar-refractivity contribution in [2.45, 2.75) is 19.8 Å². The number of benzene rings is 1. The summed E-state index contributed by atoms with van der Waals surface area (Å²) in [5.41, 5.74) is 11.4. The van der Waals surface area contributed by atoms with Crippen molar-refractivity contribution in [2.75, 3.05) is 20.3 Å². The van der Waals surface area contributed by atoms with E-state index in [2.05, 4.69) is 0 Å². The molecule has 0 aromatic heterocycles.